The molecular formula is C12H26ClN3O2. The maximum Gasteiger partial charge on any atom is 0.236 e. The van der Waals surface area contributed by atoms with Crippen LogP contribution < -0.4 is 5.32 Å². The Hall–Kier alpha value is -0.360. The van der Waals surface area contributed by atoms with Gasteiger partial charge < -0.3 is 15.0 Å². The minimum absolute atomic E-state index is 0. The zero-order valence-electron chi connectivity index (χ0n) is 11.6. The molecule has 0 spiro atoms. The van der Waals surface area contributed by atoms with E-state index >= 15 is 0 Å². The van der Waals surface area contributed by atoms with Crippen LogP contribution in [-0.2, 0) is 9.53 Å². The predicted molar refractivity (Wildman–Crippen MR) is 75.3 cm³/mol. The highest BCUT2D eigenvalue weighted by atomic mass is 35.5. The molecule has 0 aromatic carbocycles. The molecule has 1 aliphatic heterocycles. The first-order chi connectivity index (χ1) is 8.22. The van der Waals surface area contributed by atoms with Crippen molar-refractivity contribution < 1.29 is 9.53 Å². The highest BCUT2D eigenvalue weighted by molar-refractivity contribution is 5.85. The zero-order chi connectivity index (χ0) is 12.7. The van der Waals surface area contributed by atoms with E-state index in [0.717, 1.165) is 39.2 Å². The first-order valence-corrected chi connectivity index (χ1v) is 6.38. The van der Waals surface area contributed by atoms with Crippen LogP contribution in [0.3, 0.4) is 0 Å². The van der Waals surface area contributed by atoms with Crippen molar-refractivity contribution in [3.63, 3.8) is 0 Å². The van der Waals surface area contributed by atoms with Crippen LogP contribution in [0.4, 0.5) is 0 Å². The number of methoxy groups -OCH3 is 1. The second kappa shape index (κ2) is 9.55. The molecule has 1 amide bonds. The van der Waals surface area contributed by atoms with Gasteiger partial charge in [-0.2, -0.15) is 0 Å². The van der Waals surface area contributed by atoms with Crippen molar-refractivity contribution in [2.75, 3.05) is 53.5 Å². The lowest BCUT2D eigenvalue weighted by Gasteiger charge is -2.41. The van der Waals surface area contributed by atoms with E-state index in [0.29, 0.717) is 12.6 Å². The number of nitrogens with zero attached hydrogens (tertiary/aromatic N) is 2. The summed E-state index contributed by atoms with van der Waals surface area (Å²) in [7, 11) is 3.54. The van der Waals surface area contributed by atoms with Gasteiger partial charge in [-0.1, -0.05) is 6.92 Å². The number of hydrogen-bond acceptors (Lipinski definition) is 4. The molecule has 1 saturated heterocycles. The molecule has 1 atom stereocenters. The Morgan fingerprint density at radius 1 is 1.44 bits per heavy atom. The molecule has 0 saturated carbocycles. The third-order valence-electron chi connectivity index (χ3n) is 3.34. The maximum atomic E-state index is 11.8. The van der Waals surface area contributed by atoms with Crippen LogP contribution in [0.5, 0.6) is 0 Å². The Bertz CT molecular complexity index is 241. The first kappa shape index (κ1) is 17.6. The number of amides is 1. The van der Waals surface area contributed by atoms with Crippen molar-refractivity contribution in [1.29, 1.82) is 0 Å². The average molecular weight is 280 g/mol. The summed E-state index contributed by atoms with van der Waals surface area (Å²) >= 11 is 0. The molecule has 0 radical (unpaired) electrons. The Labute approximate surface area is 116 Å². The molecule has 0 bridgehead atoms. The number of piperazine rings is 1. The van der Waals surface area contributed by atoms with Gasteiger partial charge in [0.25, 0.3) is 0 Å². The van der Waals surface area contributed by atoms with Gasteiger partial charge >= 0.3 is 0 Å². The summed E-state index contributed by atoms with van der Waals surface area (Å²) in [4.78, 5) is 16.2. The SMILES string of the molecule is CCC1CN(C(=O)CNC)CCN1CCOC.Cl. The van der Waals surface area contributed by atoms with E-state index in [2.05, 4.69) is 17.1 Å². The molecule has 0 aromatic heterocycles. The van der Waals surface area contributed by atoms with Crippen molar-refractivity contribution in [2.24, 2.45) is 0 Å². The fraction of sp³-hybridized carbons (Fsp3) is 0.917. The van der Waals surface area contributed by atoms with Gasteiger partial charge in [0.1, 0.15) is 0 Å². The minimum Gasteiger partial charge on any atom is -0.383 e. The number of hydrogen-bond donors (Lipinski definition) is 1. The van der Waals surface area contributed by atoms with Crippen LogP contribution >= 0.6 is 12.4 Å². The fourth-order valence-electron chi connectivity index (χ4n) is 2.27. The summed E-state index contributed by atoms with van der Waals surface area (Å²) < 4.78 is 5.12. The van der Waals surface area contributed by atoms with E-state index in [4.69, 9.17) is 4.74 Å². The van der Waals surface area contributed by atoms with E-state index < -0.39 is 0 Å². The van der Waals surface area contributed by atoms with Gasteiger partial charge in [-0.05, 0) is 13.5 Å². The molecular weight excluding hydrogens is 254 g/mol. The number of carbonyl (C=O) groups excluding carboxylic acids is 1. The Balaban J connectivity index is 0.00000289. The quantitative estimate of drug-likeness (QED) is 0.754. The van der Waals surface area contributed by atoms with E-state index in [-0.39, 0.29) is 18.3 Å². The summed E-state index contributed by atoms with van der Waals surface area (Å²) in [5.74, 6) is 0.206. The van der Waals surface area contributed by atoms with Gasteiger partial charge in [-0.3, -0.25) is 9.69 Å². The molecule has 0 aliphatic carbocycles. The lowest BCUT2D eigenvalue weighted by molar-refractivity contribution is -0.133. The number of rotatable bonds is 6. The molecule has 5 nitrogen and oxygen atoms in total. The number of halogens is 1. The van der Waals surface area contributed by atoms with Gasteiger partial charge in [0.2, 0.25) is 5.91 Å². The number of likely N-dealkylation sites (N-methyl/N-ethyl adjacent to an activating group) is 1. The molecule has 1 fully saturated rings. The summed E-state index contributed by atoms with van der Waals surface area (Å²) in [5.41, 5.74) is 0. The van der Waals surface area contributed by atoms with Crippen LogP contribution in [0.15, 0.2) is 0 Å². The minimum atomic E-state index is 0. The van der Waals surface area contributed by atoms with Gasteiger partial charge in [0.15, 0.2) is 0 Å². The molecule has 1 heterocycles. The van der Waals surface area contributed by atoms with Crippen LogP contribution in [-0.4, -0.2) is 75.2 Å². The van der Waals surface area contributed by atoms with E-state index in [1.165, 1.54) is 0 Å². The number of ether oxygens (including phenoxy) is 1. The van der Waals surface area contributed by atoms with Gasteiger partial charge in [0, 0.05) is 39.3 Å². The van der Waals surface area contributed by atoms with Crippen molar-refractivity contribution >= 4 is 18.3 Å². The second-order valence-corrected chi connectivity index (χ2v) is 4.46. The van der Waals surface area contributed by atoms with Crippen molar-refractivity contribution in [3.8, 4) is 0 Å². The lowest BCUT2D eigenvalue weighted by atomic mass is 10.1. The van der Waals surface area contributed by atoms with Crippen molar-refractivity contribution in [2.45, 2.75) is 19.4 Å². The Morgan fingerprint density at radius 2 is 2.17 bits per heavy atom. The maximum absolute atomic E-state index is 11.8. The summed E-state index contributed by atoms with van der Waals surface area (Å²) in [6.45, 7) is 6.98. The van der Waals surface area contributed by atoms with Crippen LogP contribution in [0.1, 0.15) is 13.3 Å². The molecule has 1 unspecified atom stereocenters. The summed E-state index contributed by atoms with van der Waals surface area (Å²) in [6.07, 6.45) is 1.08. The van der Waals surface area contributed by atoms with Gasteiger partial charge in [-0.25, -0.2) is 0 Å². The molecule has 18 heavy (non-hydrogen) atoms. The smallest absolute Gasteiger partial charge is 0.236 e. The van der Waals surface area contributed by atoms with Crippen LogP contribution in [0.2, 0.25) is 0 Å². The third-order valence-corrected chi connectivity index (χ3v) is 3.34. The molecule has 1 rings (SSSR count). The van der Waals surface area contributed by atoms with E-state index in [9.17, 15) is 4.79 Å². The van der Waals surface area contributed by atoms with E-state index in [1.807, 2.05) is 11.9 Å². The Morgan fingerprint density at radius 3 is 2.72 bits per heavy atom. The van der Waals surface area contributed by atoms with Crippen molar-refractivity contribution in [1.82, 2.24) is 15.1 Å². The Kier molecular flexibility index (Phi) is 9.36. The monoisotopic (exact) mass is 279 g/mol. The van der Waals surface area contributed by atoms with Gasteiger partial charge in [-0.15, -0.1) is 12.4 Å². The molecule has 108 valence electrons. The van der Waals surface area contributed by atoms with Gasteiger partial charge in [0.05, 0.1) is 13.2 Å². The predicted octanol–water partition coefficient (Wildman–Crippen LogP) is 0.197. The molecule has 0 aromatic rings. The fourth-order valence-corrected chi connectivity index (χ4v) is 2.27. The summed E-state index contributed by atoms with van der Waals surface area (Å²) in [5, 5.41) is 2.92. The highest BCUT2D eigenvalue weighted by Gasteiger charge is 2.27. The number of carbonyl (C=O) groups is 1. The first-order valence-electron chi connectivity index (χ1n) is 6.38. The summed E-state index contributed by atoms with van der Waals surface area (Å²) in [6, 6.07) is 0.472. The van der Waals surface area contributed by atoms with Crippen molar-refractivity contribution in [3.05, 3.63) is 0 Å². The average Bonchev–Trinajstić information content (AvgIpc) is 2.36. The highest BCUT2D eigenvalue weighted by Crippen LogP contribution is 2.12. The number of nitrogens with one attached hydrogen (secondary N) is 1. The third kappa shape index (κ3) is 5.10. The molecule has 1 aliphatic rings. The second-order valence-electron chi connectivity index (χ2n) is 4.46. The molecule has 6 heteroatoms. The normalized spacial score (nSPS) is 20.6. The standard InChI is InChI=1S/C12H25N3O2.ClH/c1-4-11-10-15(12(16)9-13-2)6-5-14(11)7-8-17-3;/h11,13H,4-10H2,1-3H3;1H. The van der Waals surface area contributed by atoms with Crippen LogP contribution in [0.25, 0.3) is 0 Å². The van der Waals surface area contributed by atoms with Crippen LogP contribution in [0, 0.1) is 0 Å². The lowest BCUT2D eigenvalue weighted by Crippen LogP contribution is -2.56. The van der Waals surface area contributed by atoms with E-state index in [1.54, 1.807) is 7.11 Å². The topological polar surface area (TPSA) is 44.8 Å². The zero-order valence-corrected chi connectivity index (χ0v) is 12.5. The molecule has 1 N–H and O–H groups in total. The largest absolute Gasteiger partial charge is 0.383 e.